The molecule has 0 saturated heterocycles. The number of alkyl halides is 3. The first-order valence-corrected chi connectivity index (χ1v) is 6.09. The van der Waals surface area contributed by atoms with E-state index < -0.39 is 11.4 Å². The number of Topliss-reactive ketones (excluding diaryl/α,β-unsaturated/α-hetero) is 1. The minimum absolute atomic E-state index is 0.0675. The first kappa shape index (κ1) is 14.1. The molecular weight excluding hydrogens is 294 g/mol. The first-order chi connectivity index (χ1) is 7.95. The molecule has 17 heavy (non-hydrogen) atoms. The second-order valence-corrected chi connectivity index (χ2v) is 4.48. The average molecular weight is 307 g/mol. The lowest BCUT2D eigenvalue weighted by Gasteiger charge is -2.14. The Labute approximate surface area is 107 Å². The maximum Gasteiger partial charge on any atom is 0.387 e. The number of carbonyl (C=O) groups excluding carboxylic acids is 1. The van der Waals surface area contributed by atoms with Crippen molar-refractivity contribution in [3.8, 4) is 5.75 Å². The number of hydrogen-bond donors (Lipinski definition) is 0. The fourth-order valence-electron chi connectivity index (χ4n) is 1.53. The zero-order valence-corrected chi connectivity index (χ0v) is 11.1. The third-order valence-corrected chi connectivity index (χ3v) is 3.49. The van der Waals surface area contributed by atoms with Crippen LogP contribution in [-0.2, 0) is 11.2 Å². The predicted octanol–water partition coefficient (Wildman–Crippen LogP) is 3.88. The maximum atomic E-state index is 12.1. The third kappa shape index (κ3) is 3.77. The van der Waals surface area contributed by atoms with Crippen molar-refractivity contribution >= 4 is 21.7 Å². The van der Waals surface area contributed by atoms with E-state index in [9.17, 15) is 13.6 Å². The predicted molar refractivity (Wildman–Crippen MR) is 64.8 cm³/mol. The topological polar surface area (TPSA) is 26.3 Å². The van der Waals surface area contributed by atoms with Gasteiger partial charge in [-0.15, -0.1) is 0 Å². The monoisotopic (exact) mass is 306 g/mol. The van der Waals surface area contributed by atoms with Crippen LogP contribution < -0.4 is 4.74 Å². The third-order valence-electron chi connectivity index (χ3n) is 2.35. The van der Waals surface area contributed by atoms with Gasteiger partial charge >= 0.3 is 6.61 Å². The molecule has 0 amide bonds. The van der Waals surface area contributed by atoms with Crippen LogP contribution in [0.25, 0.3) is 0 Å². The minimum Gasteiger partial charge on any atom is -0.435 e. The molecule has 0 bridgehead atoms. The summed E-state index contributed by atoms with van der Waals surface area (Å²) in [5, 5.41) is 0. The molecule has 94 valence electrons. The van der Waals surface area contributed by atoms with Gasteiger partial charge in [-0.2, -0.15) is 8.78 Å². The minimum atomic E-state index is -2.86. The summed E-state index contributed by atoms with van der Waals surface area (Å²) in [5.74, 6) is -0.00760. The number of carbonyl (C=O) groups is 1. The molecule has 0 heterocycles. The van der Waals surface area contributed by atoms with Gasteiger partial charge in [-0.05, 0) is 36.6 Å². The number of hydrogen-bond acceptors (Lipinski definition) is 2. The SMILES string of the molecule is CCc1ccc(OC(F)F)cc1C(Br)C(C)=O. The molecule has 5 heteroatoms. The number of rotatable bonds is 5. The summed E-state index contributed by atoms with van der Waals surface area (Å²) in [6, 6.07) is 4.66. The molecule has 0 fully saturated rings. The van der Waals surface area contributed by atoms with Crippen LogP contribution in [0, 0.1) is 0 Å². The number of benzene rings is 1. The second kappa shape index (κ2) is 6.10. The second-order valence-electron chi connectivity index (χ2n) is 3.57. The molecule has 1 atom stereocenters. The van der Waals surface area contributed by atoms with Crippen LogP contribution in [0.2, 0.25) is 0 Å². The van der Waals surface area contributed by atoms with Gasteiger partial charge < -0.3 is 4.74 Å². The van der Waals surface area contributed by atoms with Crippen LogP contribution in [0.1, 0.15) is 29.8 Å². The van der Waals surface area contributed by atoms with E-state index in [-0.39, 0.29) is 11.5 Å². The summed E-state index contributed by atoms with van der Waals surface area (Å²) < 4.78 is 28.5. The van der Waals surface area contributed by atoms with Gasteiger partial charge in [0.05, 0.1) is 4.83 Å². The summed E-state index contributed by atoms with van der Waals surface area (Å²) in [7, 11) is 0. The molecule has 0 radical (unpaired) electrons. The van der Waals surface area contributed by atoms with Crippen LogP contribution in [0.4, 0.5) is 8.78 Å². The van der Waals surface area contributed by atoms with Crippen LogP contribution in [-0.4, -0.2) is 12.4 Å². The highest BCUT2D eigenvalue weighted by Gasteiger charge is 2.17. The Kier molecular flexibility index (Phi) is 5.05. The molecule has 1 aromatic carbocycles. The lowest BCUT2D eigenvalue weighted by Crippen LogP contribution is -2.07. The van der Waals surface area contributed by atoms with Crippen molar-refractivity contribution in [2.75, 3.05) is 0 Å². The molecule has 2 nitrogen and oxygen atoms in total. The standard InChI is InChI=1S/C12H13BrF2O2/c1-3-8-4-5-9(17-12(14)15)6-10(8)11(13)7(2)16/h4-6,11-12H,3H2,1-2H3. The van der Waals surface area contributed by atoms with Crippen molar-refractivity contribution in [3.05, 3.63) is 29.3 Å². The molecule has 0 saturated carbocycles. The molecule has 0 spiro atoms. The van der Waals surface area contributed by atoms with Crippen molar-refractivity contribution in [3.63, 3.8) is 0 Å². The molecule has 1 rings (SSSR count). The van der Waals surface area contributed by atoms with Gasteiger partial charge in [0.25, 0.3) is 0 Å². The average Bonchev–Trinajstić information content (AvgIpc) is 2.27. The van der Waals surface area contributed by atoms with Crippen molar-refractivity contribution in [2.45, 2.75) is 31.7 Å². The zero-order chi connectivity index (χ0) is 13.0. The number of ketones is 1. The van der Waals surface area contributed by atoms with E-state index in [0.717, 1.165) is 12.0 Å². The molecule has 0 aromatic heterocycles. The lowest BCUT2D eigenvalue weighted by atomic mass is 10.0. The van der Waals surface area contributed by atoms with E-state index in [0.29, 0.717) is 5.56 Å². The van der Waals surface area contributed by atoms with Gasteiger partial charge in [-0.25, -0.2) is 0 Å². The Bertz CT molecular complexity index is 407. The molecule has 0 aliphatic rings. The Morgan fingerprint density at radius 2 is 2.12 bits per heavy atom. The Hall–Kier alpha value is -0.970. The normalized spacial score (nSPS) is 12.6. The quantitative estimate of drug-likeness (QED) is 0.772. The first-order valence-electron chi connectivity index (χ1n) is 5.17. The molecule has 0 aliphatic heterocycles. The van der Waals surface area contributed by atoms with E-state index in [1.54, 1.807) is 6.07 Å². The van der Waals surface area contributed by atoms with Crippen molar-refractivity contribution in [1.82, 2.24) is 0 Å². The smallest absolute Gasteiger partial charge is 0.387 e. The van der Waals surface area contributed by atoms with Gasteiger partial charge in [0.15, 0.2) is 0 Å². The fraction of sp³-hybridized carbons (Fsp3) is 0.417. The highest BCUT2D eigenvalue weighted by atomic mass is 79.9. The Balaban J connectivity index is 3.10. The largest absolute Gasteiger partial charge is 0.435 e. The molecule has 0 aliphatic carbocycles. The van der Waals surface area contributed by atoms with Gasteiger partial charge in [0.1, 0.15) is 11.5 Å². The molecular formula is C12H13BrF2O2. The van der Waals surface area contributed by atoms with Crippen molar-refractivity contribution in [2.24, 2.45) is 0 Å². The van der Waals surface area contributed by atoms with E-state index in [2.05, 4.69) is 20.7 Å². The number of ether oxygens (including phenoxy) is 1. The van der Waals surface area contributed by atoms with E-state index >= 15 is 0 Å². The van der Waals surface area contributed by atoms with E-state index in [4.69, 9.17) is 0 Å². The van der Waals surface area contributed by atoms with Crippen LogP contribution in [0.15, 0.2) is 18.2 Å². The fourth-order valence-corrected chi connectivity index (χ4v) is 1.95. The van der Waals surface area contributed by atoms with Gasteiger partial charge in [-0.3, -0.25) is 4.79 Å². The molecule has 0 N–H and O–H groups in total. The lowest BCUT2D eigenvalue weighted by molar-refractivity contribution is -0.116. The van der Waals surface area contributed by atoms with Gasteiger partial charge in [-0.1, -0.05) is 28.9 Å². The summed E-state index contributed by atoms with van der Waals surface area (Å²) in [6.07, 6.45) is 0.722. The van der Waals surface area contributed by atoms with E-state index in [1.165, 1.54) is 19.1 Å². The van der Waals surface area contributed by atoms with E-state index in [1.807, 2.05) is 6.92 Å². The van der Waals surface area contributed by atoms with Crippen LogP contribution >= 0.6 is 15.9 Å². The highest BCUT2D eigenvalue weighted by molar-refractivity contribution is 9.09. The van der Waals surface area contributed by atoms with Gasteiger partial charge in [0.2, 0.25) is 0 Å². The Morgan fingerprint density at radius 3 is 2.59 bits per heavy atom. The Morgan fingerprint density at radius 1 is 1.47 bits per heavy atom. The number of halogens is 3. The summed E-state index contributed by atoms with van der Waals surface area (Å²) in [5.41, 5.74) is 1.61. The van der Waals surface area contributed by atoms with Crippen molar-refractivity contribution in [1.29, 1.82) is 0 Å². The van der Waals surface area contributed by atoms with Gasteiger partial charge in [0, 0.05) is 0 Å². The maximum absolute atomic E-state index is 12.1. The zero-order valence-electron chi connectivity index (χ0n) is 9.54. The van der Waals surface area contributed by atoms with Crippen LogP contribution in [0.3, 0.4) is 0 Å². The summed E-state index contributed by atoms with van der Waals surface area (Å²) in [4.78, 5) is 10.8. The summed E-state index contributed by atoms with van der Waals surface area (Å²) >= 11 is 3.25. The molecule has 1 unspecified atom stereocenters. The molecule has 1 aromatic rings. The van der Waals surface area contributed by atoms with Crippen molar-refractivity contribution < 1.29 is 18.3 Å². The summed E-state index contributed by atoms with van der Waals surface area (Å²) in [6.45, 7) is 0.521. The number of aryl methyl sites for hydroxylation is 1. The highest BCUT2D eigenvalue weighted by Crippen LogP contribution is 2.31. The van der Waals surface area contributed by atoms with Crippen LogP contribution in [0.5, 0.6) is 5.75 Å².